The summed E-state index contributed by atoms with van der Waals surface area (Å²) in [5.41, 5.74) is 1.47. The van der Waals surface area contributed by atoms with Crippen LogP contribution in [0.4, 0.5) is 0 Å². The molecule has 4 aliphatic carbocycles. The minimum Gasteiger partial charge on any atom is -0.458 e. The van der Waals surface area contributed by atoms with Crippen molar-refractivity contribution in [2.45, 2.75) is 106 Å². The molecule has 0 aliphatic heterocycles. The van der Waals surface area contributed by atoms with Gasteiger partial charge in [0.25, 0.3) is 0 Å². The smallest absolute Gasteiger partial charge is 0.303 e. The van der Waals surface area contributed by atoms with Gasteiger partial charge in [0.2, 0.25) is 0 Å². The minimum atomic E-state index is -0.220. The summed E-state index contributed by atoms with van der Waals surface area (Å²) >= 11 is 0. The van der Waals surface area contributed by atoms with Gasteiger partial charge < -0.3 is 4.74 Å². The Bertz CT molecular complexity index is 853. The zero-order valence-electron chi connectivity index (χ0n) is 22.7. The number of esters is 1. The maximum atomic E-state index is 12.4. The van der Waals surface area contributed by atoms with Crippen LogP contribution in [-0.4, -0.2) is 17.9 Å². The van der Waals surface area contributed by atoms with Crippen molar-refractivity contribution in [3.05, 3.63) is 23.8 Å². The number of ketones is 1. The number of hydrogen-bond donors (Lipinski definition) is 0. The fraction of sp³-hybridized carbons (Fsp3) is 0.806. The Balaban J connectivity index is 1.60. The van der Waals surface area contributed by atoms with E-state index in [4.69, 9.17) is 4.74 Å². The first-order chi connectivity index (χ1) is 16.0. The Morgan fingerprint density at radius 3 is 2.50 bits per heavy atom. The Hall–Kier alpha value is -1.38. The molecule has 0 amide bonds. The first kappa shape index (κ1) is 25.7. The summed E-state index contributed by atoms with van der Waals surface area (Å²) in [6.07, 6.45) is 15.5. The van der Waals surface area contributed by atoms with Crippen molar-refractivity contribution in [1.82, 2.24) is 0 Å². The van der Waals surface area contributed by atoms with Crippen LogP contribution in [0.15, 0.2) is 23.8 Å². The van der Waals surface area contributed by atoms with E-state index in [-0.39, 0.29) is 23.3 Å². The molecule has 0 aromatic heterocycles. The summed E-state index contributed by atoms with van der Waals surface area (Å²) in [5, 5.41) is 0. The lowest BCUT2D eigenvalue weighted by molar-refractivity contribution is -0.153. The molecule has 190 valence electrons. The molecule has 4 rings (SSSR count). The fourth-order valence-corrected chi connectivity index (χ4v) is 9.08. The summed E-state index contributed by atoms with van der Waals surface area (Å²) in [6, 6.07) is 0. The van der Waals surface area contributed by atoms with Gasteiger partial charge in [0.05, 0.1) is 0 Å². The second kappa shape index (κ2) is 9.58. The molecule has 0 bridgehead atoms. The lowest BCUT2D eigenvalue weighted by Gasteiger charge is -2.59. The van der Waals surface area contributed by atoms with Gasteiger partial charge in [-0.2, -0.15) is 0 Å². The molecule has 0 radical (unpaired) electrons. The zero-order chi connectivity index (χ0) is 24.8. The van der Waals surface area contributed by atoms with Gasteiger partial charge in [-0.05, 0) is 109 Å². The molecule has 34 heavy (non-hydrogen) atoms. The normalized spacial score (nSPS) is 41.5. The summed E-state index contributed by atoms with van der Waals surface area (Å²) in [6.45, 7) is 15.9. The highest BCUT2D eigenvalue weighted by Crippen LogP contribution is 2.67. The van der Waals surface area contributed by atoms with Crippen LogP contribution in [0.1, 0.15) is 99.8 Å². The van der Waals surface area contributed by atoms with Crippen molar-refractivity contribution in [2.75, 3.05) is 0 Å². The van der Waals surface area contributed by atoms with E-state index < -0.39 is 0 Å². The molecule has 3 saturated carbocycles. The molecule has 3 fully saturated rings. The van der Waals surface area contributed by atoms with Gasteiger partial charge in [-0.1, -0.05) is 53.7 Å². The molecule has 0 N–H and O–H groups in total. The van der Waals surface area contributed by atoms with Crippen molar-refractivity contribution >= 4 is 11.8 Å². The molecule has 0 heterocycles. The molecule has 4 aliphatic rings. The van der Waals surface area contributed by atoms with E-state index in [1.54, 1.807) is 0 Å². The predicted octanol–water partition coefficient (Wildman–Crippen LogP) is 7.55. The lowest BCUT2D eigenvalue weighted by Crippen LogP contribution is -2.54. The summed E-state index contributed by atoms with van der Waals surface area (Å²) in [4.78, 5) is 24.4. The first-order valence-corrected chi connectivity index (χ1v) is 14.1. The quantitative estimate of drug-likeness (QED) is 0.298. The largest absolute Gasteiger partial charge is 0.458 e. The Kier molecular flexibility index (Phi) is 7.25. The molecule has 9 unspecified atom stereocenters. The molecular weight excluding hydrogens is 420 g/mol. The van der Waals surface area contributed by atoms with Crippen molar-refractivity contribution in [3.63, 3.8) is 0 Å². The second-order valence-corrected chi connectivity index (χ2v) is 13.0. The number of hydrogen-bond acceptors (Lipinski definition) is 3. The number of rotatable bonds is 6. The van der Waals surface area contributed by atoms with Gasteiger partial charge in [0.1, 0.15) is 6.10 Å². The highest BCUT2D eigenvalue weighted by molar-refractivity contribution is 5.92. The molecule has 0 aromatic rings. The molecule has 3 heteroatoms. The molecular formula is C31H48O3. The lowest BCUT2D eigenvalue weighted by atomic mass is 9.46. The Morgan fingerprint density at radius 1 is 1.12 bits per heavy atom. The molecule has 0 aromatic carbocycles. The van der Waals surface area contributed by atoms with Crippen LogP contribution in [0.25, 0.3) is 0 Å². The third kappa shape index (κ3) is 4.35. The highest BCUT2D eigenvalue weighted by Gasteiger charge is 2.61. The van der Waals surface area contributed by atoms with Crippen molar-refractivity contribution in [2.24, 2.45) is 52.3 Å². The number of fused-ring (bicyclic) bond motifs is 5. The molecule has 0 spiro atoms. The highest BCUT2D eigenvalue weighted by atomic mass is 16.5. The van der Waals surface area contributed by atoms with Crippen molar-refractivity contribution in [1.29, 1.82) is 0 Å². The Morgan fingerprint density at radius 2 is 1.85 bits per heavy atom. The number of carbonyl (C=O) groups is 2. The Labute approximate surface area is 208 Å². The monoisotopic (exact) mass is 468 g/mol. The molecule has 9 atom stereocenters. The van der Waals surface area contributed by atoms with E-state index in [1.165, 1.54) is 39.0 Å². The maximum absolute atomic E-state index is 12.4. The van der Waals surface area contributed by atoms with Crippen LogP contribution in [-0.2, 0) is 14.3 Å². The predicted molar refractivity (Wildman–Crippen MR) is 138 cm³/mol. The molecule has 0 saturated heterocycles. The number of allylic oxidation sites excluding steroid dienone is 2. The van der Waals surface area contributed by atoms with Gasteiger partial charge in [0, 0.05) is 13.3 Å². The first-order valence-electron chi connectivity index (χ1n) is 14.1. The van der Waals surface area contributed by atoms with Crippen LogP contribution >= 0.6 is 0 Å². The second-order valence-electron chi connectivity index (χ2n) is 13.0. The molecule has 3 nitrogen and oxygen atoms in total. The standard InChI is InChI=1S/C31H48O3/c1-8-22(19(2)3)10-9-20(4)25-11-12-26-24-18-29(34-21(5)32)28-17-23(33)13-15-31(28,7)27(24)14-16-30(25,26)6/h9-10,17,19-20,22,24-27,29H,8,11-16,18H2,1-7H3. The summed E-state index contributed by atoms with van der Waals surface area (Å²) in [5.74, 6) is 4.55. The average molecular weight is 469 g/mol. The van der Waals surface area contributed by atoms with Crippen LogP contribution in [0.3, 0.4) is 0 Å². The van der Waals surface area contributed by atoms with Crippen LogP contribution < -0.4 is 0 Å². The fourth-order valence-electron chi connectivity index (χ4n) is 9.08. The number of carbonyl (C=O) groups excluding carboxylic acids is 2. The van der Waals surface area contributed by atoms with E-state index in [1.807, 2.05) is 6.08 Å². The van der Waals surface area contributed by atoms with Gasteiger partial charge in [-0.25, -0.2) is 0 Å². The zero-order valence-corrected chi connectivity index (χ0v) is 22.7. The van der Waals surface area contributed by atoms with E-state index >= 15 is 0 Å². The van der Waals surface area contributed by atoms with Gasteiger partial charge in [-0.3, -0.25) is 9.59 Å². The van der Waals surface area contributed by atoms with Crippen LogP contribution in [0.5, 0.6) is 0 Å². The summed E-state index contributed by atoms with van der Waals surface area (Å²) in [7, 11) is 0. The van der Waals surface area contributed by atoms with Crippen LogP contribution in [0, 0.1) is 52.3 Å². The van der Waals surface area contributed by atoms with E-state index in [9.17, 15) is 9.59 Å². The summed E-state index contributed by atoms with van der Waals surface area (Å²) < 4.78 is 5.91. The van der Waals surface area contributed by atoms with Gasteiger partial charge in [0.15, 0.2) is 5.78 Å². The SMILES string of the molecule is CCC(C=CC(C)C1CCC2C3CC(OC(C)=O)C4=CC(=O)CCC4(C)C3CCC12C)C(C)C. The van der Waals surface area contributed by atoms with Crippen molar-refractivity contribution in [3.8, 4) is 0 Å². The average Bonchev–Trinajstić information content (AvgIpc) is 3.12. The third-order valence-electron chi connectivity index (χ3n) is 11.0. The third-order valence-corrected chi connectivity index (χ3v) is 11.0. The maximum Gasteiger partial charge on any atom is 0.303 e. The van der Waals surface area contributed by atoms with E-state index in [2.05, 4.69) is 53.7 Å². The number of ether oxygens (including phenoxy) is 1. The van der Waals surface area contributed by atoms with Gasteiger partial charge in [-0.15, -0.1) is 0 Å². The van der Waals surface area contributed by atoms with Crippen LogP contribution in [0.2, 0.25) is 0 Å². The van der Waals surface area contributed by atoms with Crippen molar-refractivity contribution < 1.29 is 14.3 Å². The van der Waals surface area contributed by atoms with E-state index in [0.29, 0.717) is 47.3 Å². The minimum absolute atomic E-state index is 0.00646. The topological polar surface area (TPSA) is 43.4 Å². The van der Waals surface area contributed by atoms with E-state index in [0.717, 1.165) is 24.3 Å². The van der Waals surface area contributed by atoms with Gasteiger partial charge >= 0.3 is 5.97 Å².